The normalized spacial score (nSPS) is 16.2. The van der Waals surface area contributed by atoms with Gasteiger partial charge in [-0.15, -0.1) is 11.3 Å². The number of aliphatic hydroxyl groups is 1. The summed E-state index contributed by atoms with van der Waals surface area (Å²) in [5.74, 6) is -0.521. The van der Waals surface area contributed by atoms with Gasteiger partial charge in [-0.1, -0.05) is 6.07 Å². The predicted molar refractivity (Wildman–Crippen MR) is 125 cm³/mol. The maximum absolute atomic E-state index is 13.6. The number of thiazole rings is 1. The lowest BCUT2D eigenvalue weighted by atomic mass is 9.94. The molecule has 1 aliphatic rings. The maximum atomic E-state index is 13.6. The molecular weight excluding hydrogens is 444 g/mol. The summed E-state index contributed by atoms with van der Waals surface area (Å²) in [5, 5.41) is 11.6. The number of carbonyl (C=O) groups excluding carboxylic acids is 2. The quantitative estimate of drug-likeness (QED) is 0.408. The predicted octanol–water partition coefficient (Wildman–Crippen LogP) is 4.17. The van der Waals surface area contributed by atoms with Crippen LogP contribution < -0.4 is 9.47 Å². The number of aromatic nitrogens is 1. The zero-order valence-electron chi connectivity index (χ0n) is 19.8. The van der Waals surface area contributed by atoms with Crippen LogP contribution in [0.25, 0.3) is 0 Å². The molecule has 0 fully saturated rings. The van der Waals surface area contributed by atoms with Gasteiger partial charge in [0.05, 0.1) is 47.5 Å². The lowest BCUT2D eigenvalue weighted by Crippen LogP contribution is -2.32. The molecule has 1 aromatic heterocycles. The Morgan fingerprint density at radius 2 is 1.91 bits per heavy atom. The Labute approximate surface area is 197 Å². The molecule has 0 bridgehead atoms. The molecule has 0 aliphatic carbocycles. The van der Waals surface area contributed by atoms with E-state index in [1.807, 2.05) is 20.8 Å². The number of aliphatic hydroxyl groups excluding tert-OH is 1. The molecule has 3 rings (SSSR count). The van der Waals surface area contributed by atoms with Gasteiger partial charge in [0.15, 0.2) is 17.3 Å². The maximum Gasteiger partial charge on any atom is 0.290 e. The average molecular weight is 475 g/mol. The van der Waals surface area contributed by atoms with Crippen molar-refractivity contribution >= 4 is 23.0 Å². The first-order valence-electron chi connectivity index (χ1n) is 10.8. The molecule has 178 valence electrons. The molecule has 1 unspecified atom stereocenters. The van der Waals surface area contributed by atoms with E-state index >= 15 is 0 Å². The molecule has 2 heterocycles. The first-order valence-corrected chi connectivity index (χ1v) is 11.6. The number of rotatable bonds is 10. The monoisotopic (exact) mass is 474 g/mol. The van der Waals surface area contributed by atoms with Crippen molar-refractivity contribution in [1.82, 2.24) is 9.88 Å². The van der Waals surface area contributed by atoms with Gasteiger partial charge in [-0.25, -0.2) is 4.98 Å². The fourth-order valence-electron chi connectivity index (χ4n) is 3.90. The van der Waals surface area contributed by atoms with E-state index < -0.39 is 23.5 Å². The van der Waals surface area contributed by atoms with Crippen molar-refractivity contribution in [3.8, 4) is 11.5 Å². The average Bonchev–Trinajstić information content (AvgIpc) is 3.25. The number of hydrogen-bond acceptors (Lipinski definition) is 8. The van der Waals surface area contributed by atoms with Crippen LogP contribution in [0.5, 0.6) is 11.5 Å². The molecule has 1 amide bonds. The molecule has 1 aromatic carbocycles. The van der Waals surface area contributed by atoms with Crippen LogP contribution in [0.15, 0.2) is 29.5 Å². The second-order valence-corrected chi connectivity index (χ2v) is 9.23. The van der Waals surface area contributed by atoms with Gasteiger partial charge in [0, 0.05) is 13.2 Å². The van der Waals surface area contributed by atoms with Crippen molar-refractivity contribution < 1.29 is 28.9 Å². The smallest absolute Gasteiger partial charge is 0.290 e. The third kappa shape index (κ3) is 5.04. The van der Waals surface area contributed by atoms with E-state index in [4.69, 9.17) is 14.2 Å². The Morgan fingerprint density at radius 3 is 2.48 bits per heavy atom. The van der Waals surface area contributed by atoms with Gasteiger partial charge in [-0.05, 0) is 51.8 Å². The number of methoxy groups -OCH3 is 2. The molecule has 33 heavy (non-hydrogen) atoms. The highest BCUT2D eigenvalue weighted by atomic mass is 32.1. The number of nitrogens with zero attached hydrogens (tertiary/aromatic N) is 2. The van der Waals surface area contributed by atoms with E-state index in [0.717, 1.165) is 5.01 Å². The van der Waals surface area contributed by atoms with Crippen LogP contribution in [-0.2, 0) is 9.53 Å². The Kier molecular flexibility index (Phi) is 7.76. The lowest BCUT2D eigenvalue weighted by Gasteiger charge is -2.27. The minimum absolute atomic E-state index is 0.0451. The van der Waals surface area contributed by atoms with Gasteiger partial charge < -0.3 is 24.2 Å². The van der Waals surface area contributed by atoms with Crippen LogP contribution in [0, 0.1) is 13.8 Å². The summed E-state index contributed by atoms with van der Waals surface area (Å²) >= 11 is 1.25. The molecule has 9 heteroatoms. The van der Waals surface area contributed by atoms with Crippen LogP contribution in [0.4, 0.5) is 0 Å². The summed E-state index contributed by atoms with van der Waals surface area (Å²) in [5.41, 5.74) is 1.26. The highest BCUT2D eigenvalue weighted by Crippen LogP contribution is 2.42. The van der Waals surface area contributed by atoms with Gasteiger partial charge in [0.1, 0.15) is 0 Å². The summed E-state index contributed by atoms with van der Waals surface area (Å²) in [6, 6.07) is 4.45. The van der Waals surface area contributed by atoms with Gasteiger partial charge in [0.2, 0.25) is 5.78 Å². The number of benzene rings is 1. The molecule has 1 N–H and O–H groups in total. The number of aryl methyl sites for hydroxylation is 2. The fourth-order valence-corrected chi connectivity index (χ4v) is 4.78. The van der Waals surface area contributed by atoms with Crippen LogP contribution in [0.3, 0.4) is 0 Å². The standard InChI is InChI=1S/C24H30N2O6S/c1-13(2)32-11-7-10-26-20(16-8-9-17(30-5)18(12-16)31-6)19(22(28)24(26)29)21(27)23-14(3)25-15(4)33-23/h8-9,12-13,20,28H,7,10-11H2,1-6H3. The number of amides is 1. The molecule has 0 radical (unpaired) electrons. The SMILES string of the molecule is COc1ccc(C2C(C(=O)c3sc(C)nc3C)=C(O)C(=O)N2CCCOC(C)C)cc1OC. The molecule has 1 atom stereocenters. The molecule has 2 aromatic rings. The van der Waals surface area contributed by atoms with Gasteiger partial charge in [-0.3, -0.25) is 9.59 Å². The third-order valence-corrected chi connectivity index (χ3v) is 6.45. The van der Waals surface area contributed by atoms with Crippen molar-refractivity contribution in [1.29, 1.82) is 0 Å². The van der Waals surface area contributed by atoms with Crippen molar-refractivity contribution in [2.75, 3.05) is 27.4 Å². The second-order valence-electron chi connectivity index (χ2n) is 8.03. The Bertz CT molecular complexity index is 1070. The molecule has 0 saturated heterocycles. The van der Waals surface area contributed by atoms with E-state index in [2.05, 4.69) is 4.98 Å². The number of carbonyl (C=O) groups is 2. The minimum atomic E-state index is -0.773. The minimum Gasteiger partial charge on any atom is -0.503 e. The van der Waals surface area contributed by atoms with Crippen LogP contribution in [0.2, 0.25) is 0 Å². The number of Topliss-reactive ketones (excluding diaryl/α,β-unsaturated/α-hetero) is 1. The van der Waals surface area contributed by atoms with E-state index in [-0.39, 0.29) is 11.7 Å². The Morgan fingerprint density at radius 1 is 1.21 bits per heavy atom. The highest BCUT2D eigenvalue weighted by molar-refractivity contribution is 7.14. The van der Waals surface area contributed by atoms with Gasteiger partial charge in [-0.2, -0.15) is 0 Å². The first kappa shape index (κ1) is 24.7. The lowest BCUT2D eigenvalue weighted by molar-refractivity contribution is -0.129. The summed E-state index contributed by atoms with van der Waals surface area (Å²) < 4.78 is 16.4. The van der Waals surface area contributed by atoms with Gasteiger partial charge >= 0.3 is 0 Å². The number of ketones is 1. The van der Waals surface area contributed by atoms with Gasteiger partial charge in [0.25, 0.3) is 5.91 Å². The van der Waals surface area contributed by atoms with Crippen molar-refractivity contribution in [2.24, 2.45) is 0 Å². The summed E-state index contributed by atoms with van der Waals surface area (Å²) in [6.45, 7) is 8.21. The topological polar surface area (TPSA) is 98.2 Å². The van der Waals surface area contributed by atoms with Crippen LogP contribution >= 0.6 is 11.3 Å². The zero-order valence-corrected chi connectivity index (χ0v) is 20.6. The third-order valence-electron chi connectivity index (χ3n) is 5.38. The fraction of sp³-hybridized carbons (Fsp3) is 0.458. The van der Waals surface area contributed by atoms with E-state index in [1.54, 1.807) is 25.1 Å². The van der Waals surface area contributed by atoms with Crippen LogP contribution in [-0.4, -0.2) is 60.2 Å². The highest BCUT2D eigenvalue weighted by Gasteiger charge is 2.44. The molecule has 1 aliphatic heterocycles. The second kappa shape index (κ2) is 10.4. The Hall–Kier alpha value is -2.91. The van der Waals surface area contributed by atoms with Crippen LogP contribution in [0.1, 0.15) is 52.2 Å². The molecule has 0 spiro atoms. The number of ether oxygens (including phenoxy) is 3. The summed E-state index contributed by atoms with van der Waals surface area (Å²) in [6.07, 6.45) is 0.628. The number of hydrogen-bond donors (Lipinski definition) is 1. The summed E-state index contributed by atoms with van der Waals surface area (Å²) in [4.78, 5) is 32.9. The molecular formula is C24H30N2O6S. The van der Waals surface area contributed by atoms with Crippen molar-refractivity contribution in [3.05, 3.63) is 50.7 Å². The summed E-state index contributed by atoms with van der Waals surface area (Å²) in [7, 11) is 3.05. The van der Waals surface area contributed by atoms with Crippen molar-refractivity contribution in [2.45, 2.75) is 46.3 Å². The first-order chi connectivity index (χ1) is 15.7. The van der Waals surface area contributed by atoms with E-state index in [9.17, 15) is 14.7 Å². The largest absolute Gasteiger partial charge is 0.503 e. The molecule has 8 nitrogen and oxygen atoms in total. The van der Waals surface area contributed by atoms with E-state index in [0.29, 0.717) is 47.2 Å². The van der Waals surface area contributed by atoms with Crippen molar-refractivity contribution in [3.63, 3.8) is 0 Å². The molecule has 0 saturated carbocycles. The Balaban J connectivity index is 2.04. The van der Waals surface area contributed by atoms with E-state index in [1.165, 1.54) is 30.5 Å². The zero-order chi connectivity index (χ0) is 24.3.